The number of rotatable bonds is 8. The molecule has 0 radical (unpaired) electrons. The van der Waals surface area contributed by atoms with Gasteiger partial charge < -0.3 is 16.4 Å². The predicted octanol–water partition coefficient (Wildman–Crippen LogP) is 2.78. The number of carbonyl (C=O) groups is 1. The third-order valence-corrected chi connectivity index (χ3v) is 3.55. The quantitative estimate of drug-likeness (QED) is 0.687. The average molecular weight is 328 g/mol. The second kappa shape index (κ2) is 9.82. The van der Waals surface area contributed by atoms with Crippen molar-refractivity contribution in [1.29, 1.82) is 0 Å². The number of nitrogens with one attached hydrogen (secondary N) is 2. The molecule has 0 heterocycles. The monoisotopic (exact) mass is 327 g/mol. The van der Waals surface area contributed by atoms with Gasteiger partial charge in [-0.15, -0.1) is 12.4 Å². The van der Waals surface area contributed by atoms with Crippen molar-refractivity contribution in [2.75, 3.05) is 6.54 Å². The Morgan fingerprint density at radius 2 is 1.86 bits per heavy atom. The lowest BCUT2D eigenvalue weighted by atomic mass is 10.0. The van der Waals surface area contributed by atoms with E-state index in [0.29, 0.717) is 6.54 Å². The number of hydrogen-bond acceptors (Lipinski definition) is 3. The molecule has 0 bridgehead atoms. The van der Waals surface area contributed by atoms with Gasteiger partial charge in [0, 0.05) is 18.1 Å². The van der Waals surface area contributed by atoms with Gasteiger partial charge in [0.25, 0.3) is 0 Å². The van der Waals surface area contributed by atoms with E-state index in [-0.39, 0.29) is 29.9 Å². The van der Waals surface area contributed by atoms with Crippen LogP contribution < -0.4 is 16.4 Å². The van der Waals surface area contributed by atoms with Crippen molar-refractivity contribution >= 4 is 18.3 Å². The molecule has 5 heteroatoms. The van der Waals surface area contributed by atoms with Gasteiger partial charge in [0.05, 0.1) is 6.04 Å². The zero-order valence-electron chi connectivity index (χ0n) is 14.1. The van der Waals surface area contributed by atoms with Crippen LogP contribution in [0.4, 0.5) is 0 Å². The van der Waals surface area contributed by atoms with Gasteiger partial charge in [-0.3, -0.25) is 4.79 Å². The molecular weight excluding hydrogens is 298 g/mol. The zero-order valence-corrected chi connectivity index (χ0v) is 14.9. The van der Waals surface area contributed by atoms with Gasteiger partial charge in [-0.2, -0.15) is 0 Å². The summed E-state index contributed by atoms with van der Waals surface area (Å²) in [5, 5.41) is 6.48. The predicted molar refractivity (Wildman–Crippen MR) is 95.2 cm³/mol. The van der Waals surface area contributed by atoms with E-state index < -0.39 is 6.04 Å². The Hall–Kier alpha value is -1.10. The molecule has 0 saturated carbocycles. The van der Waals surface area contributed by atoms with Crippen LogP contribution in [-0.4, -0.2) is 24.0 Å². The van der Waals surface area contributed by atoms with Gasteiger partial charge >= 0.3 is 0 Å². The summed E-state index contributed by atoms with van der Waals surface area (Å²) in [5.74, 6) is -0.0703. The maximum Gasteiger partial charge on any atom is 0.236 e. The molecule has 4 nitrogen and oxygen atoms in total. The molecule has 22 heavy (non-hydrogen) atoms. The van der Waals surface area contributed by atoms with Crippen LogP contribution in [-0.2, 0) is 4.79 Å². The van der Waals surface area contributed by atoms with Gasteiger partial charge in [0.1, 0.15) is 0 Å². The minimum Gasteiger partial charge on any atom is -0.353 e. The molecule has 0 spiro atoms. The summed E-state index contributed by atoms with van der Waals surface area (Å²) in [4.78, 5) is 11.9. The van der Waals surface area contributed by atoms with Crippen LogP contribution in [0.2, 0.25) is 0 Å². The van der Waals surface area contributed by atoms with Crippen LogP contribution in [0.1, 0.15) is 52.1 Å². The van der Waals surface area contributed by atoms with Gasteiger partial charge in [0.15, 0.2) is 0 Å². The molecule has 1 rings (SSSR count). The smallest absolute Gasteiger partial charge is 0.236 e. The Labute approximate surface area is 140 Å². The minimum atomic E-state index is -0.405. The van der Waals surface area contributed by atoms with Crippen LogP contribution in [0.5, 0.6) is 0 Å². The van der Waals surface area contributed by atoms with Crippen LogP contribution in [0.3, 0.4) is 0 Å². The molecule has 1 aromatic rings. The lowest BCUT2D eigenvalue weighted by Crippen LogP contribution is -2.52. The van der Waals surface area contributed by atoms with Gasteiger partial charge in [-0.05, 0) is 32.8 Å². The van der Waals surface area contributed by atoms with Crippen LogP contribution in [0.15, 0.2) is 30.3 Å². The molecule has 0 aliphatic carbocycles. The van der Waals surface area contributed by atoms with E-state index in [4.69, 9.17) is 5.73 Å². The van der Waals surface area contributed by atoms with Crippen LogP contribution >= 0.6 is 12.4 Å². The van der Waals surface area contributed by atoms with Crippen molar-refractivity contribution in [2.24, 2.45) is 5.73 Å². The highest BCUT2D eigenvalue weighted by molar-refractivity contribution is 5.85. The molecule has 2 atom stereocenters. The Balaban J connectivity index is 0.00000441. The van der Waals surface area contributed by atoms with Crippen molar-refractivity contribution in [3.8, 4) is 0 Å². The maximum absolute atomic E-state index is 11.9. The Kier molecular flexibility index (Phi) is 9.33. The number of carbonyl (C=O) groups excluding carboxylic acids is 1. The molecular formula is C17H30ClN3O. The highest BCUT2D eigenvalue weighted by atomic mass is 35.5. The van der Waals surface area contributed by atoms with Crippen molar-refractivity contribution in [2.45, 2.75) is 58.2 Å². The SMILES string of the molecule is CCCC(N)C(=O)NCC(C)(C)NC(C)c1ccccc1.Cl. The van der Waals surface area contributed by atoms with E-state index in [0.717, 1.165) is 12.8 Å². The van der Waals surface area contributed by atoms with E-state index in [1.807, 2.05) is 25.1 Å². The third-order valence-electron chi connectivity index (χ3n) is 3.55. The number of amides is 1. The van der Waals surface area contributed by atoms with E-state index in [1.54, 1.807) is 0 Å². The second-order valence-corrected chi connectivity index (χ2v) is 6.27. The molecule has 0 saturated heterocycles. The molecule has 0 aliphatic heterocycles. The van der Waals surface area contributed by atoms with Crippen molar-refractivity contribution in [1.82, 2.24) is 10.6 Å². The lowest BCUT2D eigenvalue weighted by Gasteiger charge is -2.31. The zero-order chi connectivity index (χ0) is 15.9. The third kappa shape index (κ3) is 7.25. The second-order valence-electron chi connectivity index (χ2n) is 6.27. The van der Waals surface area contributed by atoms with E-state index in [2.05, 4.69) is 43.5 Å². The number of benzene rings is 1. The van der Waals surface area contributed by atoms with Crippen LogP contribution in [0.25, 0.3) is 0 Å². The molecule has 4 N–H and O–H groups in total. The highest BCUT2D eigenvalue weighted by Crippen LogP contribution is 2.15. The first-order chi connectivity index (χ1) is 9.85. The van der Waals surface area contributed by atoms with Crippen molar-refractivity contribution < 1.29 is 4.79 Å². The highest BCUT2D eigenvalue weighted by Gasteiger charge is 2.22. The topological polar surface area (TPSA) is 67.2 Å². The normalized spacial score (nSPS) is 13.9. The number of hydrogen-bond donors (Lipinski definition) is 3. The van der Waals surface area contributed by atoms with Crippen molar-refractivity contribution in [3.63, 3.8) is 0 Å². The van der Waals surface area contributed by atoms with E-state index >= 15 is 0 Å². The summed E-state index contributed by atoms with van der Waals surface area (Å²) in [6.45, 7) is 8.87. The summed E-state index contributed by atoms with van der Waals surface area (Å²) < 4.78 is 0. The van der Waals surface area contributed by atoms with Gasteiger partial charge in [-0.1, -0.05) is 43.7 Å². The Morgan fingerprint density at radius 1 is 1.27 bits per heavy atom. The molecule has 0 aliphatic rings. The Bertz CT molecular complexity index is 437. The Morgan fingerprint density at radius 3 is 2.41 bits per heavy atom. The number of halogens is 1. The fourth-order valence-electron chi connectivity index (χ4n) is 2.34. The summed E-state index contributed by atoms with van der Waals surface area (Å²) in [6, 6.07) is 10.1. The van der Waals surface area contributed by atoms with E-state index in [9.17, 15) is 4.79 Å². The number of nitrogens with two attached hydrogens (primary N) is 1. The molecule has 126 valence electrons. The maximum atomic E-state index is 11.9. The lowest BCUT2D eigenvalue weighted by molar-refractivity contribution is -0.122. The standard InChI is InChI=1S/C17H29N3O.ClH/c1-5-9-15(18)16(21)19-12-17(3,4)20-13(2)14-10-7-6-8-11-14;/h6-8,10-11,13,15,20H,5,9,12,18H2,1-4H3,(H,19,21);1H. The van der Waals surface area contributed by atoms with Crippen molar-refractivity contribution in [3.05, 3.63) is 35.9 Å². The fraction of sp³-hybridized carbons (Fsp3) is 0.588. The first-order valence-corrected chi connectivity index (χ1v) is 7.71. The first-order valence-electron chi connectivity index (χ1n) is 7.71. The largest absolute Gasteiger partial charge is 0.353 e. The fourth-order valence-corrected chi connectivity index (χ4v) is 2.34. The van der Waals surface area contributed by atoms with Crippen LogP contribution in [0, 0.1) is 0 Å². The molecule has 0 aromatic heterocycles. The molecule has 2 unspecified atom stereocenters. The first kappa shape index (κ1) is 20.9. The summed E-state index contributed by atoms with van der Waals surface area (Å²) in [7, 11) is 0. The van der Waals surface area contributed by atoms with E-state index in [1.165, 1.54) is 5.56 Å². The summed E-state index contributed by atoms with van der Waals surface area (Å²) >= 11 is 0. The molecule has 1 amide bonds. The molecule has 0 fully saturated rings. The summed E-state index contributed by atoms with van der Waals surface area (Å²) in [5.41, 5.74) is 6.86. The molecule has 1 aromatic carbocycles. The van der Waals surface area contributed by atoms with Gasteiger partial charge in [-0.25, -0.2) is 0 Å². The minimum absolute atomic E-state index is 0. The average Bonchev–Trinajstić information content (AvgIpc) is 2.45. The van der Waals surface area contributed by atoms with Gasteiger partial charge in [0.2, 0.25) is 5.91 Å². The summed E-state index contributed by atoms with van der Waals surface area (Å²) in [6.07, 6.45) is 1.64.